The molecule has 0 atom stereocenters. The summed E-state index contributed by atoms with van der Waals surface area (Å²) in [6, 6.07) is 8.59. The van der Waals surface area contributed by atoms with Crippen LogP contribution in [0.2, 0.25) is 0 Å². The van der Waals surface area contributed by atoms with E-state index in [9.17, 15) is 4.39 Å². The molecular formula is C16H16FN3S. The van der Waals surface area contributed by atoms with Crippen molar-refractivity contribution in [3.05, 3.63) is 64.2 Å². The first kappa shape index (κ1) is 14.0. The predicted molar refractivity (Wildman–Crippen MR) is 83.7 cm³/mol. The molecule has 2 N–H and O–H groups in total. The third-order valence-corrected chi connectivity index (χ3v) is 4.07. The van der Waals surface area contributed by atoms with Gasteiger partial charge in [0.25, 0.3) is 0 Å². The second-order valence-corrected chi connectivity index (χ2v) is 5.62. The van der Waals surface area contributed by atoms with Gasteiger partial charge in [0, 0.05) is 17.7 Å². The average molecular weight is 301 g/mol. The van der Waals surface area contributed by atoms with E-state index in [2.05, 4.69) is 32.3 Å². The number of halogens is 1. The van der Waals surface area contributed by atoms with Crippen LogP contribution in [0.1, 0.15) is 11.1 Å². The first-order valence-electron chi connectivity index (χ1n) is 6.83. The van der Waals surface area contributed by atoms with Crippen molar-refractivity contribution in [2.24, 2.45) is 0 Å². The molecule has 0 aliphatic heterocycles. The van der Waals surface area contributed by atoms with Gasteiger partial charge < -0.3 is 5.32 Å². The normalized spacial score (nSPS) is 10.9. The Hall–Kier alpha value is -1.98. The molecule has 0 bridgehead atoms. The number of H-pyrrole nitrogens is 1. The molecule has 5 heteroatoms. The fourth-order valence-corrected chi connectivity index (χ4v) is 2.91. The minimum atomic E-state index is -0.228. The van der Waals surface area contributed by atoms with Gasteiger partial charge in [-0.3, -0.25) is 5.10 Å². The standard InChI is InChI=1S/C16H16FN3S/c17-15-3-1-13(2-4-15)16-14(10-19-20-16)9-18-7-5-12-6-8-21-11-12/h1-4,6,8,10-11,18H,5,7,9H2,(H,19,20). The fraction of sp³-hybridized carbons (Fsp3) is 0.188. The number of hydrogen-bond acceptors (Lipinski definition) is 3. The first-order chi connectivity index (χ1) is 10.3. The Labute approximate surface area is 126 Å². The van der Waals surface area contributed by atoms with E-state index in [1.807, 2.05) is 6.20 Å². The van der Waals surface area contributed by atoms with Crippen LogP contribution >= 0.6 is 11.3 Å². The maximum absolute atomic E-state index is 13.0. The minimum absolute atomic E-state index is 0.228. The van der Waals surface area contributed by atoms with Crippen LogP contribution in [0.15, 0.2) is 47.3 Å². The molecule has 0 unspecified atom stereocenters. The molecule has 1 aromatic carbocycles. The quantitative estimate of drug-likeness (QED) is 0.683. The lowest BCUT2D eigenvalue weighted by Gasteiger charge is -2.05. The number of aromatic nitrogens is 2. The molecule has 0 aliphatic carbocycles. The highest BCUT2D eigenvalue weighted by Crippen LogP contribution is 2.21. The van der Waals surface area contributed by atoms with Gasteiger partial charge in [0.1, 0.15) is 5.82 Å². The molecule has 0 radical (unpaired) electrons. The number of thiophene rings is 1. The van der Waals surface area contributed by atoms with Crippen molar-refractivity contribution in [1.29, 1.82) is 0 Å². The van der Waals surface area contributed by atoms with E-state index in [0.717, 1.165) is 36.3 Å². The number of aromatic amines is 1. The summed E-state index contributed by atoms with van der Waals surface area (Å²) in [5.41, 5.74) is 4.34. The Morgan fingerprint density at radius 3 is 2.81 bits per heavy atom. The lowest BCUT2D eigenvalue weighted by atomic mass is 10.1. The molecule has 3 rings (SSSR count). The molecule has 0 spiro atoms. The van der Waals surface area contributed by atoms with Crippen molar-refractivity contribution in [3.63, 3.8) is 0 Å². The van der Waals surface area contributed by atoms with Crippen LogP contribution in [0.4, 0.5) is 4.39 Å². The van der Waals surface area contributed by atoms with Crippen LogP contribution in [-0.4, -0.2) is 16.7 Å². The van der Waals surface area contributed by atoms with Crippen LogP contribution < -0.4 is 5.32 Å². The van der Waals surface area contributed by atoms with Gasteiger partial charge in [0.2, 0.25) is 0 Å². The second-order valence-electron chi connectivity index (χ2n) is 4.84. The monoisotopic (exact) mass is 301 g/mol. The Morgan fingerprint density at radius 1 is 1.19 bits per heavy atom. The summed E-state index contributed by atoms with van der Waals surface area (Å²) in [4.78, 5) is 0. The van der Waals surface area contributed by atoms with Crippen LogP contribution in [0.3, 0.4) is 0 Å². The van der Waals surface area contributed by atoms with Crippen molar-refractivity contribution >= 4 is 11.3 Å². The summed E-state index contributed by atoms with van der Waals surface area (Å²) >= 11 is 1.72. The van der Waals surface area contributed by atoms with E-state index < -0.39 is 0 Å². The fourth-order valence-electron chi connectivity index (χ4n) is 2.20. The second kappa shape index (κ2) is 6.65. The van der Waals surface area contributed by atoms with E-state index in [0.29, 0.717) is 0 Å². The number of nitrogens with one attached hydrogen (secondary N) is 2. The van der Waals surface area contributed by atoms with Gasteiger partial charge in [0.05, 0.1) is 11.9 Å². The highest BCUT2D eigenvalue weighted by atomic mass is 32.1. The van der Waals surface area contributed by atoms with Crippen LogP contribution in [-0.2, 0) is 13.0 Å². The van der Waals surface area contributed by atoms with Gasteiger partial charge in [-0.15, -0.1) is 0 Å². The smallest absolute Gasteiger partial charge is 0.123 e. The first-order valence-corrected chi connectivity index (χ1v) is 7.77. The Balaban J connectivity index is 1.59. The van der Waals surface area contributed by atoms with Crippen molar-refractivity contribution in [2.75, 3.05) is 6.54 Å². The van der Waals surface area contributed by atoms with Crippen molar-refractivity contribution in [2.45, 2.75) is 13.0 Å². The van der Waals surface area contributed by atoms with E-state index in [1.165, 1.54) is 17.7 Å². The van der Waals surface area contributed by atoms with Gasteiger partial charge >= 0.3 is 0 Å². The van der Waals surface area contributed by atoms with Crippen molar-refractivity contribution < 1.29 is 4.39 Å². The SMILES string of the molecule is Fc1ccc(-c2[nH]ncc2CNCCc2ccsc2)cc1. The zero-order valence-corrected chi connectivity index (χ0v) is 12.3. The van der Waals surface area contributed by atoms with E-state index in [1.54, 1.807) is 23.5 Å². The minimum Gasteiger partial charge on any atom is -0.312 e. The number of nitrogens with zero attached hydrogens (tertiary/aromatic N) is 1. The number of hydrogen-bond donors (Lipinski definition) is 2. The van der Waals surface area contributed by atoms with Crippen LogP contribution in [0.25, 0.3) is 11.3 Å². The van der Waals surface area contributed by atoms with Crippen LogP contribution in [0.5, 0.6) is 0 Å². The molecule has 3 nitrogen and oxygen atoms in total. The van der Waals surface area contributed by atoms with E-state index in [-0.39, 0.29) is 5.82 Å². The lowest BCUT2D eigenvalue weighted by molar-refractivity contribution is 0.628. The Morgan fingerprint density at radius 2 is 2.05 bits per heavy atom. The van der Waals surface area contributed by atoms with Crippen molar-refractivity contribution in [3.8, 4) is 11.3 Å². The molecule has 2 aromatic heterocycles. The van der Waals surface area contributed by atoms with Crippen LogP contribution in [0, 0.1) is 5.82 Å². The summed E-state index contributed by atoms with van der Waals surface area (Å²) in [5.74, 6) is -0.228. The molecule has 0 amide bonds. The molecule has 3 aromatic rings. The van der Waals surface area contributed by atoms with Gasteiger partial charge in [0.15, 0.2) is 0 Å². The van der Waals surface area contributed by atoms with Gasteiger partial charge in [-0.25, -0.2) is 4.39 Å². The summed E-state index contributed by atoms with van der Waals surface area (Å²) in [6.45, 7) is 1.66. The average Bonchev–Trinajstić information content (AvgIpc) is 3.16. The zero-order valence-electron chi connectivity index (χ0n) is 11.5. The third kappa shape index (κ3) is 3.56. The third-order valence-electron chi connectivity index (χ3n) is 3.34. The van der Waals surface area contributed by atoms with Crippen molar-refractivity contribution in [1.82, 2.24) is 15.5 Å². The molecule has 2 heterocycles. The highest BCUT2D eigenvalue weighted by Gasteiger charge is 2.07. The lowest BCUT2D eigenvalue weighted by Crippen LogP contribution is -2.16. The maximum atomic E-state index is 13.0. The van der Waals surface area contributed by atoms with E-state index >= 15 is 0 Å². The maximum Gasteiger partial charge on any atom is 0.123 e. The van der Waals surface area contributed by atoms with Gasteiger partial charge in [-0.1, -0.05) is 0 Å². The summed E-state index contributed by atoms with van der Waals surface area (Å²) < 4.78 is 13.0. The summed E-state index contributed by atoms with van der Waals surface area (Å²) in [7, 11) is 0. The zero-order chi connectivity index (χ0) is 14.5. The molecular weight excluding hydrogens is 285 g/mol. The number of benzene rings is 1. The van der Waals surface area contributed by atoms with Gasteiger partial charge in [-0.05, 0) is 59.6 Å². The Bertz CT molecular complexity index is 674. The molecule has 0 aliphatic rings. The molecule has 0 saturated heterocycles. The Kier molecular flexibility index (Phi) is 4.43. The summed E-state index contributed by atoms with van der Waals surface area (Å²) in [6.07, 6.45) is 2.84. The summed E-state index contributed by atoms with van der Waals surface area (Å²) in [5, 5.41) is 14.8. The highest BCUT2D eigenvalue weighted by molar-refractivity contribution is 7.07. The topological polar surface area (TPSA) is 40.7 Å². The predicted octanol–water partition coefficient (Wildman–Crippen LogP) is 3.61. The molecule has 0 saturated carbocycles. The molecule has 21 heavy (non-hydrogen) atoms. The largest absolute Gasteiger partial charge is 0.312 e. The molecule has 108 valence electrons. The van der Waals surface area contributed by atoms with Gasteiger partial charge in [-0.2, -0.15) is 16.4 Å². The number of rotatable bonds is 6. The molecule has 0 fully saturated rings. The van der Waals surface area contributed by atoms with E-state index in [4.69, 9.17) is 0 Å².